The van der Waals surface area contributed by atoms with E-state index < -0.39 is 29.1 Å². The second-order valence-corrected chi connectivity index (χ2v) is 6.35. The van der Waals surface area contributed by atoms with Crippen molar-refractivity contribution in [2.75, 3.05) is 13.2 Å². The van der Waals surface area contributed by atoms with E-state index in [1.807, 2.05) is 4.72 Å². The van der Waals surface area contributed by atoms with E-state index in [0.29, 0.717) is 10.9 Å². The minimum absolute atomic E-state index is 0.120. The van der Waals surface area contributed by atoms with Crippen molar-refractivity contribution in [3.8, 4) is 0 Å². The minimum atomic E-state index is -4.13. The van der Waals surface area contributed by atoms with E-state index in [1.54, 1.807) is 25.1 Å². The Labute approximate surface area is 120 Å². The fourth-order valence-electron chi connectivity index (χ4n) is 1.86. The standard InChI is InChI=1S/C13H14F2N2O3S/c1-9-4-5-11(10-3-2-6-16-12(9)10)21(19,20)17-7-13(14,15)8-18/h2-6,17-18H,7-8H2,1H3. The normalized spacial score (nSPS) is 12.8. The first-order chi connectivity index (χ1) is 9.77. The van der Waals surface area contributed by atoms with E-state index in [1.165, 1.54) is 12.3 Å². The van der Waals surface area contributed by atoms with Crippen LogP contribution >= 0.6 is 0 Å². The number of halogens is 2. The van der Waals surface area contributed by atoms with Gasteiger partial charge in [0.05, 0.1) is 17.0 Å². The maximum atomic E-state index is 13.0. The number of benzene rings is 1. The minimum Gasteiger partial charge on any atom is -0.390 e. The van der Waals surface area contributed by atoms with E-state index in [4.69, 9.17) is 5.11 Å². The number of aliphatic hydroxyl groups excluding tert-OH is 1. The Kier molecular flexibility index (Phi) is 4.22. The predicted octanol–water partition coefficient (Wildman–Crippen LogP) is 1.45. The zero-order valence-electron chi connectivity index (χ0n) is 11.2. The Bertz CT molecular complexity index is 763. The van der Waals surface area contributed by atoms with Gasteiger partial charge in [-0.25, -0.2) is 21.9 Å². The second-order valence-electron chi connectivity index (χ2n) is 4.62. The predicted molar refractivity (Wildman–Crippen MR) is 73.7 cm³/mol. The SMILES string of the molecule is Cc1ccc(S(=O)(=O)NCC(F)(F)CO)c2cccnc12. The molecule has 21 heavy (non-hydrogen) atoms. The van der Waals surface area contributed by atoms with Gasteiger partial charge in [-0.2, -0.15) is 0 Å². The summed E-state index contributed by atoms with van der Waals surface area (Å²) >= 11 is 0. The summed E-state index contributed by atoms with van der Waals surface area (Å²) in [6, 6.07) is 6.05. The number of rotatable bonds is 5. The molecule has 2 N–H and O–H groups in total. The van der Waals surface area contributed by atoms with Crippen LogP contribution in [0.2, 0.25) is 0 Å². The van der Waals surface area contributed by atoms with Gasteiger partial charge in [-0.15, -0.1) is 0 Å². The number of aromatic nitrogens is 1. The molecule has 0 aliphatic carbocycles. The lowest BCUT2D eigenvalue weighted by molar-refractivity contribution is -0.0437. The average Bonchev–Trinajstić information content (AvgIpc) is 2.46. The third kappa shape index (κ3) is 3.34. The Hall–Kier alpha value is -1.64. The van der Waals surface area contributed by atoms with Crippen LogP contribution in [0.5, 0.6) is 0 Å². The second kappa shape index (κ2) is 5.63. The number of aliphatic hydroxyl groups is 1. The zero-order chi connectivity index (χ0) is 15.7. The summed E-state index contributed by atoms with van der Waals surface area (Å²) in [4.78, 5) is 3.98. The first-order valence-electron chi connectivity index (χ1n) is 6.09. The van der Waals surface area contributed by atoms with Gasteiger partial charge in [0.25, 0.3) is 5.92 Å². The van der Waals surface area contributed by atoms with Crippen molar-refractivity contribution in [3.63, 3.8) is 0 Å². The van der Waals surface area contributed by atoms with E-state index in [-0.39, 0.29) is 4.90 Å². The van der Waals surface area contributed by atoms with Gasteiger partial charge in [0.15, 0.2) is 0 Å². The van der Waals surface area contributed by atoms with Crippen molar-refractivity contribution in [1.82, 2.24) is 9.71 Å². The van der Waals surface area contributed by atoms with Gasteiger partial charge < -0.3 is 5.11 Å². The molecular weight excluding hydrogens is 302 g/mol. The van der Waals surface area contributed by atoms with Gasteiger partial charge in [0.1, 0.15) is 6.61 Å². The molecule has 0 radical (unpaired) electrons. The molecule has 1 heterocycles. The van der Waals surface area contributed by atoms with Crippen molar-refractivity contribution in [1.29, 1.82) is 0 Å². The van der Waals surface area contributed by atoms with Crippen LogP contribution in [0.25, 0.3) is 10.9 Å². The number of alkyl halides is 2. The summed E-state index contributed by atoms with van der Waals surface area (Å²) in [5.74, 6) is -3.51. The number of pyridine rings is 1. The van der Waals surface area contributed by atoms with Gasteiger partial charge in [0.2, 0.25) is 10.0 Å². The molecule has 114 valence electrons. The number of fused-ring (bicyclic) bond motifs is 1. The maximum Gasteiger partial charge on any atom is 0.283 e. The third-order valence-electron chi connectivity index (χ3n) is 2.97. The quantitative estimate of drug-likeness (QED) is 0.875. The highest BCUT2D eigenvalue weighted by molar-refractivity contribution is 7.89. The van der Waals surface area contributed by atoms with Crippen LogP contribution in [0.4, 0.5) is 8.78 Å². The molecule has 8 heteroatoms. The number of sulfonamides is 1. The topological polar surface area (TPSA) is 79.3 Å². The Morgan fingerprint density at radius 2 is 2.05 bits per heavy atom. The van der Waals surface area contributed by atoms with Crippen molar-refractivity contribution in [2.24, 2.45) is 0 Å². The van der Waals surface area contributed by atoms with Gasteiger partial charge in [-0.1, -0.05) is 6.07 Å². The highest BCUT2D eigenvalue weighted by Crippen LogP contribution is 2.24. The molecule has 2 aromatic rings. The first kappa shape index (κ1) is 15.7. The molecule has 1 aromatic heterocycles. The molecule has 0 saturated heterocycles. The highest BCUT2D eigenvalue weighted by Gasteiger charge is 2.30. The number of hydrogen-bond acceptors (Lipinski definition) is 4. The summed E-state index contributed by atoms with van der Waals surface area (Å²) in [5, 5.41) is 8.83. The Morgan fingerprint density at radius 3 is 2.71 bits per heavy atom. The average molecular weight is 316 g/mol. The summed E-state index contributed by atoms with van der Waals surface area (Å²) in [6.07, 6.45) is 1.53. The number of aryl methyl sites for hydroxylation is 1. The molecule has 0 saturated carbocycles. The largest absolute Gasteiger partial charge is 0.390 e. The number of hydrogen-bond donors (Lipinski definition) is 2. The van der Waals surface area contributed by atoms with Crippen molar-refractivity contribution >= 4 is 20.9 Å². The molecule has 0 spiro atoms. The monoisotopic (exact) mass is 316 g/mol. The molecule has 1 aromatic carbocycles. The molecule has 0 atom stereocenters. The van der Waals surface area contributed by atoms with Crippen molar-refractivity contribution in [3.05, 3.63) is 36.0 Å². The van der Waals surface area contributed by atoms with Gasteiger partial charge in [-0.3, -0.25) is 4.98 Å². The van der Waals surface area contributed by atoms with Crippen molar-refractivity contribution in [2.45, 2.75) is 17.7 Å². The van der Waals surface area contributed by atoms with Crippen LogP contribution in [0, 0.1) is 6.92 Å². The molecule has 2 rings (SSSR count). The Morgan fingerprint density at radius 1 is 1.33 bits per heavy atom. The lowest BCUT2D eigenvalue weighted by Gasteiger charge is -2.15. The van der Waals surface area contributed by atoms with Crippen LogP contribution in [0.15, 0.2) is 35.4 Å². The van der Waals surface area contributed by atoms with Gasteiger partial charge in [-0.05, 0) is 30.7 Å². The van der Waals surface area contributed by atoms with E-state index >= 15 is 0 Å². The fourth-order valence-corrected chi connectivity index (χ4v) is 3.11. The fraction of sp³-hybridized carbons (Fsp3) is 0.308. The first-order valence-corrected chi connectivity index (χ1v) is 7.58. The number of nitrogens with one attached hydrogen (secondary N) is 1. The van der Waals surface area contributed by atoms with Crippen LogP contribution in [0.1, 0.15) is 5.56 Å². The van der Waals surface area contributed by atoms with Crippen LogP contribution in [0.3, 0.4) is 0 Å². The third-order valence-corrected chi connectivity index (χ3v) is 4.43. The van der Waals surface area contributed by atoms with Gasteiger partial charge in [0, 0.05) is 11.6 Å². The summed E-state index contributed by atoms with van der Waals surface area (Å²) in [5.41, 5.74) is 1.28. The van der Waals surface area contributed by atoms with Gasteiger partial charge >= 0.3 is 0 Å². The van der Waals surface area contributed by atoms with E-state index in [9.17, 15) is 17.2 Å². The Balaban J connectivity index is 2.44. The lowest BCUT2D eigenvalue weighted by Crippen LogP contribution is -2.39. The smallest absolute Gasteiger partial charge is 0.283 e. The molecule has 5 nitrogen and oxygen atoms in total. The van der Waals surface area contributed by atoms with E-state index in [2.05, 4.69) is 4.98 Å². The van der Waals surface area contributed by atoms with Crippen LogP contribution < -0.4 is 4.72 Å². The summed E-state index contributed by atoms with van der Waals surface area (Å²) < 4.78 is 52.1. The summed E-state index contributed by atoms with van der Waals surface area (Å²) in [6.45, 7) is -0.813. The van der Waals surface area contributed by atoms with Crippen LogP contribution in [-0.4, -0.2) is 37.6 Å². The highest BCUT2D eigenvalue weighted by atomic mass is 32.2. The molecule has 0 aliphatic rings. The zero-order valence-corrected chi connectivity index (χ0v) is 12.0. The molecule has 0 bridgehead atoms. The lowest BCUT2D eigenvalue weighted by atomic mass is 10.1. The summed E-state index contributed by atoms with van der Waals surface area (Å²) in [7, 11) is -4.13. The van der Waals surface area contributed by atoms with E-state index in [0.717, 1.165) is 5.56 Å². The molecule has 0 unspecified atom stereocenters. The van der Waals surface area contributed by atoms with Crippen molar-refractivity contribution < 1.29 is 22.3 Å². The van der Waals surface area contributed by atoms with Crippen LogP contribution in [-0.2, 0) is 10.0 Å². The molecular formula is C13H14F2N2O3S. The maximum absolute atomic E-state index is 13.0. The molecule has 0 amide bonds. The number of nitrogens with zero attached hydrogens (tertiary/aromatic N) is 1. The molecule has 0 fully saturated rings. The molecule has 0 aliphatic heterocycles.